The van der Waals surface area contributed by atoms with Crippen molar-refractivity contribution in [2.45, 2.75) is 6.54 Å². The summed E-state index contributed by atoms with van der Waals surface area (Å²) >= 11 is 0. The van der Waals surface area contributed by atoms with Gasteiger partial charge in [0.25, 0.3) is 11.8 Å². The van der Waals surface area contributed by atoms with Gasteiger partial charge in [-0.05, 0) is 10.7 Å². The van der Waals surface area contributed by atoms with Crippen molar-refractivity contribution < 1.29 is 14.1 Å². The molecule has 0 atom stereocenters. The van der Waals surface area contributed by atoms with Crippen LogP contribution in [0.25, 0.3) is 0 Å². The van der Waals surface area contributed by atoms with Gasteiger partial charge >= 0.3 is 0 Å². The van der Waals surface area contributed by atoms with Gasteiger partial charge in [0.05, 0.1) is 13.2 Å². The van der Waals surface area contributed by atoms with Gasteiger partial charge in [0.1, 0.15) is 0 Å². The van der Waals surface area contributed by atoms with E-state index in [0.717, 1.165) is 5.56 Å². The molecule has 5 nitrogen and oxygen atoms in total. The van der Waals surface area contributed by atoms with Crippen LogP contribution in [0.5, 0.6) is 5.88 Å². The number of rotatable bonds is 4. The normalized spacial score (nSPS) is 9.94. The van der Waals surface area contributed by atoms with Gasteiger partial charge in [0, 0.05) is 6.54 Å². The minimum absolute atomic E-state index is 0.137. The predicted molar refractivity (Wildman–Crippen MR) is 60.7 cm³/mol. The topological polar surface area (TPSA) is 64.4 Å². The highest BCUT2D eigenvalue weighted by atomic mass is 16.5. The molecule has 1 aromatic heterocycles. The number of carbonyl (C=O) groups is 1. The number of ether oxygens (including phenoxy) is 1. The zero-order valence-electron chi connectivity index (χ0n) is 9.34. The molecule has 0 aliphatic rings. The van der Waals surface area contributed by atoms with Crippen LogP contribution in [0.3, 0.4) is 0 Å². The highest BCUT2D eigenvalue weighted by Crippen LogP contribution is 2.10. The maximum atomic E-state index is 11.6. The Bertz CT molecular complexity index is 493. The first-order valence-electron chi connectivity index (χ1n) is 5.12. The zero-order valence-corrected chi connectivity index (χ0v) is 9.34. The predicted octanol–water partition coefficient (Wildman–Crippen LogP) is 1.61. The van der Waals surface area contributed by atoms with E-state index in [9.17, 15) is 4.79 Å². The van der Waals surface area contributed by atoms with Gasteiger partial charge in [-0.15, -0.1) is 0 Å². The number of benzene rings is 1. The molecule has 0 spiro atoms. The van der Waals surface area contributed by atoms with E-state index in [4.69, 9.17) is 9.26 Å². The van der Waals surface area contributed by atoms with Gasteiger partial charge in [-0.2, -0.15) is 0 Å². The maximum Gasteiger partial charge on any atom is 0.290 e. The molecular formula is C12H12N2O3. The first-order chi connectivity index (χ1) is 8.29. The van der Waals surface area contributed by atoms with Crippen molar-refractivity contribution in [3.8, 4) is 5.88 Å². The molecular weight excluding hydrogens is 220 g/mol. The molecule has 0 radical (unpaired) electrons. The Labute approximate surface area is 98.4 Å². The van der Waals surface area contributed by atoms with Gasteiger partial charge < -0.3 is 14.6 Å². The summed E-state index contributed by atoms with van der Waals surface area (Å²) in [5.41, 5.74) is 1.02. The molecule has 1 amide bonds. The Morgan fingerprint density at radius 3 is 2.82 bits per heavy atom. The van der Waals surface area contributed by atoms with E-state index >= 15 is 0 Å². The maximum absolute atomic E-state index is 11.6. The molecule has 0 bridgehead atoms. The molecule has 88 valence electrons. The smallest absolute Gasteiger partial charge is 0.290 e. The average Bonchev–Trinajstić information content (AvgIpc) is 2.86. The number of methoxy groups -OCH3 is 1. The molecule has 0 fully saturated rings. The Morgan fingerprint density at radius 1 is 1.41 bits per heavy atom. The molecule has 5 heteroatoms. The summed E-state index contributed by atoms with van der Waals surface area (Å²) < 4.78 is 9.64. The minimum atomic E-state index is -0.315. The van der Waals surface area contributed by atoms with E-state index in [2.05, 4.69) is 10.5 Å². The van der Waals surface area contributed by atoms with E-state index < -0.39 is 0 Å². The second-order valence-electron chi connectivity index (χ2n) is 3.40. The molecule has 1 N–H and O–H groups in total. The van der Waals surface area contributed by atoms with Crippen LogP contribution in [-0.2, 0) is 6.54 Å². The van der Waals surface area contributed by atoms with Crippen molar-refractivity contribution in [1.82, 2.24) is 10.5 Å². The number of amides is 1. The Morgan fingerprint density at radius 2 is 2.18 bits per heavy atom. The summed E-state index contributed by atoms with van der Waals surface area (Å²) in [6.07, 6.45) is 0. The SMILES string of the molecule is COc1cc(C(=O)NCc2ccccc2)on1. The molecule has 1 aromatic carbocycles. The van der Waals surface area contributed by atoms with E-state index in [1.807, 2.05) is 30.3 Å². The standard InChI is InChI=1S/C12H12N2O3/c1-16-11-7-10(17-14-11)12(15)13-8-9-5-3-2-4-6-9/h2-7H,8H2,1H3,(H,13,15). The summed E-state index contributed by atoms with van der Waals surface area (Å²) in [5.74, 6) is 0.109. The fourth-order valence-electron chi connectivity index (χ4n) is 1.33. The number of hydrogen-bond donors (Lipinski definition) is 1. The summed E-state index contributed by atoms with van der Waals surface area (Å²) in [4.78, 5) is 11.6. The van der Waals surface area contributed by atoms with E-state index in [1.165, 1.54) is 13.2 Å². The fraction of sp³-hybridized carbons (Fsp3) is 0.167. The number of carbonyl (C=O) groups excluding carboxylic acids is 1. The van der Waals surface area contributed by atoms with E-state index in [1.54, 1.807) is 0 Å². The van der Waals surface area contributed by atoms with Gasteiger partial charge in [-0.25, -0.2) is 0 Å². The molecule has 17 heavy (non-hydrogen) atoms. The van der Waals surface area contributed by atoms with Crippen LogP contribution in [0.1, 0.15) is 16.1 Å². The molecule has 1 heterocycles. The first kappa shape index (κ1) is 11.2. The minimum Gasteiger partial charge on any atom is -0.479 e. The second-order valence-corrected chi connectivity index (χ2v) is 3.40. The van der Waals surface area contributed by atoms with E-state index in [-0.39, 0.29) is 17.5 Å². The fourth-order valence-corrected chi connectivity index (χ4v) is 1.33. The highest BCUT2D eigenvalue weighted by Gasteiger charge is 2.12. The monoisotopic (exact) mass is 232 g/mol. The van der Waals surface area contributed by atoms with Crippen LogP contribution in [0.15, 0.2) is 40.9 Å². The number of nitrogens with one attached hydrogen (secondary N) is 1. The van der Waals surface area contributed by atoms with Crippen molar-refractivity contribution in [2.24, 2.45) is 0 Å². The van der Waals surface area contributed by atoms with E-state index in [0.29, 0.717) is 6.54 Å². The summed E-state index contributed by atoms with van der Waals surface area (Å²) in [6.45, 7) is 0.447. The third-order valence-electron chi connectivity index (χ3n) is 2.22. The first-order valence-corrected chi connectivity index (χ1v) is 5.12. The van der Waals surface area contributed by atoms with Gasteiger partial charge in [0.15, 0.2) is 0 Å². The molecule has 0 saturated heterocycles. The molecule has 0 aliphatic carbocycles. The third kappa shape index (κ3) is 2.84. The van der Waals surface area contributed by atoms with Gasteiger partial charge in [-0.3, -0.25) is 4.79 Å². The third-order valence-corrected chi connectivity index (χ3v) is 2.22. The molecule has 0 saturated carbocycles. The molecule has 0 aliphatic heterocycles. The number of hydrogen-bond acceptors (Lipinski definition) is 4. The zero-order chi connectivity index (χ0) is 12.1. The lowest BCUT2D eigenvalue weighted by molar-refractivity contribution is 0.0913. The van der Waals surface area contributed by atoms with Crippen molar-refractivity contribution >= 4 is 5.91 Å². The Hall–Kier alpha value is -2.30. The quantitative estimate of drug-likeness (QED) is 0.869. The van der Waals surface area contributed by atoms with Crippen LogP contribution < -0.4 is 10.1 Å². The average molecular weight is 232 g/mol. The largest absolute Gasteiger partial charge is 0.479 e. The number of nitrogens with zero attached hydrogens (tertiary/aromatic N) is 1. The summed E-state index contributed by atoms with van der Waals surface area (Å²) in [6, 6.07) is 11.1. The van der Waals surface area contributed by atoms with Crippen LogP contribution >= 0.6 is 0 Å². The Kier molecular flexibility index (Phi) is 3.40. The molecule has 2 aromatic rings. The van der Waals surface area contributed by atoms with Crippen LogP contribution in [0.4, 0.5) is 0 Å². The highest BCUT2D eigenvalue weighted by molar-refractivity contribution is 5.91. The van der Waals surface area contributed by atoms with Crippen molar-refractivity contribution in [2.75, 3.05) is 7.11 Å². The van der Waals surface area contributed by atoms with Crippen molar-refractivity contribution in [3.63, 3.8) is 0 Å². The van der Waals surface area contributed by atoms with Crippen LogP contribution in [0, 0.1) is 0 Å². The molecule has 2 rings (SSSR count). The second kappa shape index (κ2) is 5.16. The Balaban J connectivity index is 1.93. The lowest BCUT2D eigenvalue weighted by Gasteiger charge is -2.01. The lowest BCUT2D eigenvalue weighted by Crippen LogP contribution is -2.22. The van der Waals surface area contributed by atoms with Gasteiger partial charge in [0.2, 0.25) is 5.76 Å². The number of aromatic nitrogens is 1. The lowest BCUT2D eigenvalue weighted by atomic mass is 10.2. The van der Waals surface area contributed by atoms with Crippen LogP contribution in [-0.4, -0.2) is 18.2 Å². The summed E-state index contributed by atoms with van der Waals surface area (Å²) in [7, 11) is 1.46. The van der Waals surface area contributed by atoms with Crippen LogP contribution in [0.2, 0.25) is 0 Å². The van der Waals surface area contributed by atoms with Crippen molar-refractivity contribution in [3.05, 3.63) is 47.7 Å². The molecule has 0 unspecified atom stereocenters. The van der Waals surface area contributed by atoms with Gasteiger partial charge in [-0.1, -0.05) is 30.3 Å². The summed E-state index contributed by atoms with van der Waals surface area (Å²) in [5, 5.41) is 6.28. The van der Waals surface area contributed by atoms with Crippen molar-refractivity contribution in [1.29, 1.82) is 0 Å².